The topological polar surface area (TPSA) is 72.8 Å². The minimum atomic E-state index is -0.767. The van der Waals surface area contributed by atoms with Crippen LogP contribution in [0.2, 0.25) is 0 Å². The van der Waals surface area contributed by atoms with Gasteiger partial charge in [0.25, 0.3) is 0 Å². The largest absolute Gasteiger partial charge is 0.462 e. The molecule has 0 saturated carbocycles. The predicted octanol–water partition coefficient (Wildman–Crippen LogP) is 23.8. The van der Waals surface area contributed by atoms with Crippen molar-refractivity contribution in [2.45, 2.75) is 412 Å². The summed E-state index contributed by atoms with van der Waals surface area (Å²) >= 11 is 0. The highest BCUT2D eigenvalue weighted by atomic mass is 16.6. The van der Waals surface area contributed by atoms with Crippen molar-refractivity contribution in [3.63, 3.8) is 0 Å². The first-order chi connectivity index (χ1) is 37.1. The zero-order valence-corrected chi connectivity index (χ0v) is 51.4. The molecule has 0 saturated heterocycles. The van der Waals surface area contributed by atoms with Gasteiger partial charge in [-0.1, -0.05) is 366 Å². The summed E-state index contributed by atoms with van der Waals surface area (Å²) in [6.07, 6.45) is 85.4. The average Bonchev–Trinajstić information content (AvgIpc) is 3.41. The lowest BCUT2D eigenvalue weighted by molar-refractivity contribution is -0.161. The number of unbranched alkanes of at least 4 members (excludes halogenated alkanes) is 56. The van der Waals surface area contributed by atoms with Gasteiger partial charge in [0.05, 0.1) is 6.61 Å². The quantitative estimate of drug-likeness (QED) is 0.0373. The summed E-state index contributed by atoms with van der Waals surface area (Å²) in [4.78, 5) is 24.6. The number of carbonyl (C=O) groups is 2. The molecular weight excluding hydrogens is 921 g/mol. The van der Waals surface area contributed by atoms with E-state index < -0.39 is 6.10 Å². The molecule has 1 unspecified atom stereocenters. The monoisotopic (exact) mass is 1060 g/mol. The van der Waals surface area contributed by atoms with E-state index in [0.29, 0.717) is 12.8 Å². The molecule has 0 spiro atoms. The molecule has 0 amide bonds. The van der Waals surface area contributed by atoms with Crippen LogP contribution in [-0.4, -0.2) is 36.4 Å². The molecule has 0 bridgehead atoms. The Balaban J connectivity index is 3.37. The Morgan fingerprint density at radius 3 is 0.720 bits per heavy atom. The summed E-state index contributed by atoms with van der Waals surface area (Å²) in [6, 6.07) is 0. The van der Waals surface area contributed by atoms with E-state index in [1.54, 1.807) is 0 Å². The molecule has 75 heavy (non-hydrogen) atoms. The van der Waals surface area contributed by atoms with Crippen molar-refractivity contribution >= 4 is 11.9 Å². The molecule has 0 aliphatic heterocycles. The van der Waals surface area contributed by atoms with Gasteiger partial charge in [-0.05, 0) is 38.5 Å². The third-order valence-corrected chi connectivity index (χ3v) is 16.3. The molecule has 0 aliphatic carbocycles. The first-order valence-corrected chi connectivity index (χ1v) is 34.7. The number of ether oxygens (including phenoxy) is 2. The van der Waals surface area contributed by atoms with Crippen molar-refractivity contribution in [3.8, 4) is 0 Å². The van der Waals surface area contributed by atoms with E-state index in [4.69, 9.17) is 9.47 Å². The second-order valence-corrected chi connectivity index (χ2v) is 24.0. The SMILES string of the molecule is CCCCCCCCCC/C=C\CCCCCCCCCCCCCCCCCCCCCC(=O)OC(CO)COC(=O)CCCCCCCCCCCCCCCCCCCCCCCCCCCCCCCC. The van der Waals surface area contributed by atoms with Gasteiger partial charge < -0.3 is 14.6 Å². The van der Waals surface area contributed by atoms with E-state index in [1.807, 2.05) is 0 Å². The minimum Gasteiger partial charge on any atom is -0.462 e. The van der Waals surface area contributed by atoms with Crippen molar-refractivity contribution in [1.29, 1.82) is 0 Å². The van der Waals surface area contributed by atoms with Crippen molar-refractivity contribution in [1.82, 2.24) is 0 Å². The van der Waals surface area contributed by atoms with E-state index in [-0.39, 0.29) is 25.2 Å². The smallest absolute Gasteiger partial charge is 0.306 e. The third-order valence-electron chi connectivity index (χ3n) is 16.3. The van der Waals surface area contributed by atoms with Gasteiger partial charge in [0.2, 0.25) is 0 Å². The highest BCUT2D eigenvalue weighted by Gasteiger charge is 2.16. The zero-order chi connectivity index (χ0) is 54.1. The molecule has 0 heterocycles. The number of hydrogen-bond donors (Lipinski definition) is 1. The predicted molar refractivity (Wildman–Crippen MR) is 330 cm³/mol. The summed E-state index contributed by atoms with van der Waals surface area (Å²) in [5.41, 5.74) is 0. The number of rotatable bonds is 66. The number of carbonyl (C=O) groups excluding carboxylic acids is 2. The summed E-state index contributed by atoms with van der Waals surface area (Å²) < 4.78 is 10.8. The second-order valence-electron chi connectivity index (χ2n) is 24.0. The van der Waals surface area contributed by atoms with E-state index in [0.717, 1.165) is 32.1 Å². The number of aliphatic hydroxyl groups excluding tert-OH is 1. The van der Waals surface area contributed by atoms with Gasteiger partial charge in [0.15, 0.2) is 6.10 Å². The number of allylic oxidation sites excluding steroid dienone is 2. The Morgan fingerprint density at radius 1 is 0.293 bits per heavy atom. The van der Waals surface area contributed by atoms with Crippen LogP contribution < -0.4 is 0 Å². The fourth-order valence-electron chi connectivity index (χ4n) is 11.1. The van der Waals surface area contributed by atoms with Gasteiger partial charge in [-0.2, -0.15) is 0 Å². The molecule has 0 rings (SSSR count). The van der Waals surface area contributed by atoms with Crippen molar-refractivity contribution < 1.29 is 24.2 Å². The fourth-order valence-corrected chi connectivity index (χ4v) is 11.1. The van der Waals surface area contributed by atoms with Crippen molar-refractivity contribution in [2.24, 2.45) is 0 Å². The molecule has 1 atom stereocenters. The van der Waals surface area contributed by atoms with Gasteiger partial charge in [-0.3, -0.25) is 9.59 Å². The van der Waals surface area contributed by atoms with Crippen LogP contribution in [0, 0.1) is 0 Å². The van der Waals surface area contributed by atoms with Crippen LogP contribution in [0.3, 0.4) is 0 Å². The summed E-state index contributed by atoms with van der Waals surface area (Å²) in [5.74, 6) is -0.561. The Kier molecular flexibility index (Phi) is 65.7. The minimum absolute atomic E-state index is 0.0567. The van der Waals surface area contributed by atoms with Crippen LogP contribution in [-0.2, 0) is 19.1 Å². The molecule has 1 N–H and O–H groups in total. The first kappa shape index (κ1) is 73.6. The summed E-state index contributed by atoms with van der Waals surface area (Å²) in [6.45, 7) is 4.22. The molecule has 0 aromatic carbocycles. The first-order valence-electron chi connectivity index (χ1n) is 34.7. The van der Waals surface area contributed by atoms with E-state index >= 15 is 0 Å². The number of hydrogen-bond acceptors (Lipinski definition) is 5. The lowest BCUT2D eigenvalue weighted by Crippen LogP contribution is -2.28. The van der Waals surface area contributed by atoms with Crippen LogP contribution in [0.4, 0.5) is 0 Å². The van der Waals surface area contributed by atoms with Gasteiger partial charge in [-0.15, -0.1) is 0 Å². The molecule has 0 fully saturated rings. The van der Waals surface area contributed by atoms with Crippen LogP contribution in [0.5, 0.6) is 0 Å². The summed E-state index contributed by atoms with van der Waals surface area (Å²) in [5, 5.41) is 9.70. The highest BCUT2D eigenvalue weighted by molar-refractivity contribution is 5.70. The number of esters is 2. The Labute approximate surface area is 471 Å². The standard InChI is InChI=1S/C70H136O5/c1-3-5-7-9-11-13-15-17-19-21-23-25-27-29-31-33-35-37-39-41-43-45-47-49-51-53-55-57-59-61-63-65-70(73)75-68(66-71)67-74-69(72)64-62-60-58-56-54-52-50-48-46-44-42-40-38-36-34-32-30-28-26-24-22-20-18-16-14-12-10-8-6-4-2/h21,23,68,71H,3-20,22,24-67H2,1-2H3/b23-21-. The van der Waals surface area contributed by atoms with Gasteiger partial charge in [0, 0.05) is 12.8 Å². The molecule has 0 radical (unpaired) electrons. The van der Waals surface area contributed by atoms with E-state index in [2.05, 4.69) is 26.0 Å². The van der Waals surface area contributed by atoms with Crippen molar-refractivity contribution in [2.75, 3.05) is 13.2 Å². The zero-order valence-electron chi connectivity index (χ0n) is 51.4. The molecular formula is C70H136O5. The van der Waals surface area contributed by atoms with Crippen LogP contribution in [0.25, 0.3) is 0 Å². The van der Waals surface area contributed by atoms with Crippen LogP contribution >= 0.6 is 0 Å². The number of aliphatic hydroxyl groups is 1. The van der Waals surface area contributed by atoms with Crippen LogP contribution in [0.1, 0.15) is 406 Å². The third kappa shape index (κ3) is 65.1. The normalized spacial score (nSPS) is 12.1. The lowest BCUT2D eigenvalue weighted by Gasteiger charge is -2.15. The van der Waals surface area contributed by atoms with Gasteiger partial charge in [0.1, 0.15) is 6.61 Å². The molecule has 5 heteroatoms. The maximum absolute atomic E-state index is 12.4. The molecule has 0 aromatic heterocycles. The maximum Gasteiger partial charge on any atom is 0.306 e. The lowest BCUT2D eigenvalue weighted by atomic mass is 10.0. The molecule has 0 aromatic rings. The average molecular weight is 1060 g/mol. The van der Waals surface area contributed by atoms with Gasteiger partial charge >= 0.3 is 11.9 Å². The highest BCUT2D eigenvalue weighted by Crippen LogP contribution is 2.19. The van der Waals surface area contributed by atoms with Crippen molar-refractivity contribution in [3.05, 3.63) is 12.2 Å². The van der Waals surface area contributed by atoms with E-state index in [9.17, 15) is 14.7 Å². The Hall–Kier alpha value is -1.36. The van der Waals surface area contributed by atoms with E-state index in [1.165, 1.54) is 347 Å². The Morgan fingerprint density at radius 2 is 0.493 bits per heavy atom. The van der Waals surface area contributed by atoms with Gasteiger partial charge in [-0.25, -0.2) is 0 Å². The Bertz CT molecular complexity index is 1100. The summed E-state index contributed by atoms with van der Waals surface area (Å²) in [7, 11) is 0. The maximum atomic E-state index is 12.4. The molecule has 446 valence electrons. The van der Waals surface area contributed by atoms with Crippen LogP contribution in [0.15, 0.2) is 12.2 Å². The molecule has 0 aliphatic rings. The second kappa shape index (κ2) is 66.9. The fraction of sp³-hybridized carbons (Fsp3) is 0.943. The molecule has 5 nitrogen and oxygen atoms in total.